The SMILES string of the molecule is Cc1cc(C)cc(-c2[nH]c3ccc(C(=O)N(C(C)C)C(C)C)cc3c2CCNCc2ccc(-c3cccnc3)cc2)c1. The number of fused-ring (bicyclic) bond motifs is 1. The van der Waals surface area contributed by atoms with Crippen LogP contribution in [-0.2, 0) is 13.0 Å². The number of carbonyl (C=O) groups is 1. The number of carbonyl (C=O) groups excluding carboxylic acids is 1. The van der Waals surface area contributed by atoms with Gasteiger partial charge in [0.15, 0.2) is 0 Å². The number of H-pyrrole nitrogens is 1. The summed E-state index contributed by atoms with van der Waals surface area (Å²) in [4.78, 5) is 23.5. The Balaban J connectivity index is 1.40. The Morgan fingerprint density at radius 2 is 1.57 bits per heavy atom. The third-order valence-electron chi connectivity index (χ3n) is 7.84. The van der Waals surface area contributed by atoms with E-state index in [4.69, 9.17) is 0 Å². The van der Waals surface area contributed by atoms with Gasteiger partial charge in [-0.25, -0.2) is 0 Å². The number of aryl methyl sites for hydroxylation is 2. The first-order chi connectivity index (χ1) is 20.2. The van der Waals surface area contributed by atoms with Crippen molar-refractivity contribution in [2.75, 3.05) is 6.54 Å². The van der Waals surface area contributed by atoms with Gasteiger partial charge in [0.05, 0.1) is 0 Å². The fourth-order valence-electron chi connectivity index (χ4n) is 6.01. The Morgan fingerprint density at radius 1 is 0.857 bits per heavy atom. The second-order valence-corrected chi connectivity index (χ2v) is 11.9. The lowest BCUT2D eigenvalue weighted by Crippen LogP contribution is -2.42. The third kappa shape index (κ3) is 6.47. The number of aromatic nitrogens is 2. The van der Waals surface area contributed by atoms with E-state index >= 15 is 0 Å². The van der Waals surface area contributed by atoms with Crippen molar-refractivity contribution in [3.05, 3.63) is 113 Å². The minimum absolute atomic E-state index is 0.0786. The Labute approximate surface area is 250 Å². The van der Waals surface area contributed by atoms with E-state index in [1.165, 1.54) is 33.4 Å². The van der Waals surface area contributed by atoms with Crippen LogP contribution in [0.15, 0.2) is 85.2 Å². The van der Waals surface area contributed by atoms with Gasteiger partial charge in [-0.1, -0.05) is 47.5 Å². The molecule has 5 aromatic rings. The van der Waals surface area contributed by atoms with Gasteiger partial charge in [-0.3, -0.25) is 9.78 Å². The molecule has 0 fully saturated rings. The summed E-state index contributed by atoms with van der Waals surface area (Å²) in [5, 5.41) is 4.77. The summed E-state index contributed by atoms with van der Waals surface area (Å²) in [5.74, 6) is 0.0786. The first kappa shape index (κ1) is 29.3. The minimum Gasteiger partial charge on any atom is -0.354 e. The van der Waals surface area contributed by atoms with Crippen molar-refractivity contribution in [2.45, 2.75) is 66.6 Å². The maximum absolute atomic E-state index is 13.6. The Kier molecular flexibility index (Phi) is 8.89. The molecule has 5 heteroatoms. The van der Waals surface area contributed by atoms with E-state index in [0.717, 1.165) is 47.2 Å². The number of hydrogen-bond acceptors (Lipinski definition) is 3. The zero-order chi connectivity index (χ0) is 29.8. The van der Waals surface area contributed by atoms with Gasteiger partial charge in [-0.15, -0.1) is 0 Å². The first-order valence-electron chi connectivity index (χ1n) is 15.0. The molecule has 0 saturated carbocycles. The van der Waals surface area contributed by atoms with Crippen molar-refractivity contribution in [2.24, 2.45) is 0 Å². The second-order valence-electron chi connectivity index (χ2n) is 11.9. The number of benzene rings is 3. The van der Waals surface area contributed by atoms with E-state index in [2.05, 4.69) is 117 Å². The lowest BCUT2D eigenvalue weighted by Gasteiger charge is -2.30. The van der Waals surface area contributed by atoms with Crippen molar-refractivity contribution in [1.82, 2.24) is 20.2 Å². The molecular formula is C37H42N4O. The van der Waals surface area contributed by atoms with Gasteiger partial charge in [0, 0.05) is 53.2 Å². The number of rotatable bonds is 10. The molecule has 0 aliphatic heterocycles. The summed E-state index contributed by atoms with van der Waals surface area (Å²) in [7, 11) is 0. The number of aromatic amines is 1. The topological polar surface area (TPSA) is 61.0 Å². The molecule has 1 amide bonds. The predicted molar refractivity (Wildman–Crippen MR) is 175 cm³/mol. The van der Waals surface area contributed by atoms with E-state index < -0.39 is 0 Å². The standard InChI is InChI=1S/C37H42N4O/c1-24(2)41(25(3)4)37(42)30-13-14-35-34(21-30)33(36(40-35)32-19-26(5)18-27(6)20-32)15-17-39-22-28-9-11-29(12-10-28)31-8-7-16-38-23-31/h7-14,16,18-21,23-25,39-40H,15,17,22H2,1-6H3. The van der Waals surface area contributed by atoms with Crippen molar-refractivity contribution >= 4 is 16.8 Å². The maximum Gasteiger partial charge on any atom is 0.254 e. The van der Waals surface area contributed by atoms with Crippen molar-refractivity contribution in [1.29, 1.82) is 0 Å². The van der Waals surface area contributed by atoms with Crippen molar-refractivity contribution < 1.29 is 4.79 Å². The zero-order valence-corrected chi connectivity index (χ0v) is 25.7. The molecule has 42 heavy (non-hydrogen) atoms. The lowest BCUT2D eigenvalue weighted by atomic mass is 9.98. The molecule has 0 aliphatic carbocycles. The van der Waals surface area contributed by atoms with Crippen molar-refractivity contribution in [3.8, 4) is 22.4 Å². The largest absolute Gasteiger partial charge is 0.354 e. The van der Waals surface area contributed by atoms with E-state index in [-0.39, 0.29) is 18.0 Å². The van der Waals surface area contributed by atoms with Gasteiger partial charge in [-0.05, 0) is 119 Å². The minimum atomic E-state index is 0.0786. The number of nitrogens with zero attached hydrogens (tertiary/aromatic N) is 2. The smallest absolute Gasteiger partial charge is 0.254 e. The monoisotopic (exact) mass is 558 g/mol. The fourth-order valence-corrected chi connectivity index (χ4v) is 6.01. The Hall–Kier alpha value is -4.22. The number of amides is 1. The molecule has 0 radical (unpaired) electrons. The molecule has 0 spiro atoms. The van der Waals surface area contributed by atoms with E-state index in [0.29, 0.717) is 0 Å². The van der Waals surface area contributed by atoms with Crippen LogP contribution in [0, 0.1) is 13.8 Å². The Morgan fingerprint density at radius 3 is 2.21 bits per heavy atom. The number of nitrogens with one attached hydrogen (secondary N) is 2. The van der Waals surface area contributed by atoms with Crippen LogP contribution in [0.25, 0.3) is 33.3 Å². The molecule has 2 aromatic heterocycles. The average molecular weight is 559 g/mol. The van der Waals surface area contributed by atoms with Gasteiger partial charge in [0.2, 0.25) is 0 Å². The summed E-state index contributed by atoms with van der Waals surface area (Å²) in [5.41, 5.74) is 11.4. The summed E-state index contributed by atoms with van der Waals surface area (Å²) >= 11 is 0. The van der Waals surface area contributed by atoms with Gasteiger partial charge in [0.1, 0.15) is 0 Å². The molecule has 0 unspecified atom stereocenters. The normalized spacial score (nSPS) is 11.5. The van der Waals surface area contributed by atoms with Crippen LogP contribution >= 0.6 is 0 Å². The van der Waals surface area contributed by atoms with Crippen LogP contribution < -0.4 is 5.32 Å². The molecular weight excluding hydrogens is 516 g/mol. The quantitative estimate of drug-likeness (QED) is 0.170. The summed E-state index contributed by atoms with van der Waals surface area (Å²) in [6.45, 7) is 14.2. The second kappa shape index (κ2) is 12.7. The molecule has 216 valence electrons. The first-order valence-corrected chi connectivity index (χ1v) is 15.0. The average Bonchev–Trinajstić information content (AvgIpc) is 3.33. The molecule has 0 aliphatic rings. The van der Waals surface area contributed by atoms with Gasteiger partial charge >= 0.3 is 0 Å². The summed E-state index contributed by atoms with van der Waals surface area (Å²) < 4.78 is 0. The van der Waals surface area contributed by atoms with Crippen LogP contribution in [0.2, 0.25) is 0 Å². The highest BCUT2D eigenvalue weighted by Crippen LogP contribution is 2.33. The summed E-state index contributed by atoms with van der Waals surface area (Å²) in [6, 6.07) is 25.8. The molecule has 0 saturated heterocycles. The molecule has 2 N–H and O–H groups in total. The maximum atomic E-state index is 13.6. The van der Waals surface area contributed by atoms with Gasteiger partial charge < -0.3 is 15.2 Å². The molecule has 0 bridgehead atoms. The lowest BCUT2D eigenvalue weighted by molar-refractivity contribution is 0.0644. The van der Waals surface area contributed by atoms with E-state index in [1.807, 2.05) is 23.2 Å². The van der Waals surface area contributed by atoms with E-state index in [1.54, 1.807) is 6.20 Å². The fraction of sp³-hybridized carbons (Fsp3) is 0.297. The third-order valence-corrected chi connectivity index (χ3v) is 7.84. The van der Waals surface area contributed by atoms with Crippen molar-refractivity contribution in [3.63, 3.8) is 0 Å². The molecule has 2 heterocycles. The molecule has 3 aromatic carbocycles. The molecule has 5 nitrogen and oxygen atoms in total. The van der Waals surface area contributed by atoms with Gasteiger partial charge in [-0.2, -0.15) is 0 Å². The van der Waals surface area contributed by atoms with Gasteiger partial charge in [0.25, 0.3) is 5.91 Å². The Bertz CT molecular complexity index is 1640. The number of pyridine rings is 1. The van der Waals surface area contributed by atoms with Crippen LogP contribution in [-0.4, -0.2) is 39.4 Å². The van der Waals surface area contributed by atoms with E-state index in [9.17, 15) is 4.79 Å². The highest BCUT2D eigenvalue weighted by Gasteiger charge is 2.23. The highest BCUT2D eigenvalue weighted by atomic mass is 16.2. The zero-order valence-electron chi connectivity index (χ0n) is 25.7. The number of hydrogen-bond donors (Lipinski definition) is 2. The summed E-state index contributed by atoms with van der Waals surface area (Å²) in [6.07, 6.45) is 4.53. The van der Waals surface area contributed by atoms with Crippen LogP contribution in [0.4, 0.5) is 0 Å². The predicted octanol–water partition coefficient (Wildman–Crippen LogP) is 8.11. The molecule has 5 rings (SSSR count). The van der Waals surface area contributed by atoms with Crippen LogP contribution in [0.5, 0.6) is 0 Å². The van der Waals surface area contributed by atoms with Crippen LogP contribution in [0.3, 0.4) is 0 Å². The van der Waals surface area contributed by atoms with Crippen LogP contribution in [0.1, 0.15) is 60.3 Å². The highest BCUT2D eigenvalue weighted by molar-refractivity contribution is 6.00. The molecule has 0 atom stereocenters.